The normalized spacial score (nSPS) is 11.2. The molecule has 0 heterocycles. The predicted molar refractivity (Wildman–Crippen MR) is 75.5 cm³/mol. The summed E-state index contributed by atoms with van der Waals surface area (Å²) in [5.41, 5.74) is 6.06. The average molecular weight is 267 g/mol. The molecule has 4 nitrogen and oxygen atoms in total. The summed E-state index contributed by atoms with van der Waals surface area (Å²) < 4.78 is 12.7. The molecular weight excluding hydrogens is 245 g/mol. The number of carbonyl (C=O) groups is 1. The lowest BCUT2D eigenvalue weighted by atomic mass is 9.88. The number of nitrogens with one attached hydrogen (secondary N) is 2. The molecule has 0 saturated heterocycles. The van der Waals surface area contributed by atoms with Gasteiger partial charge in [0.25, 0.3) is 0 Å². The maximum absolute atomic E-state index is 12.7. The lowest BCUT2D eigenvalue weighted by molar-refractivity contribution is 0.242. The van der Waals surface area contributed by atoms with Crippen LogP contribution in [0.4, 0.5) is 14.9 Å². The number of urea groups is 1. The number of amides is 2. The lowest BCUT2D eigenvalue weighted by Crippen LogP contribution is -2.37. The van der Waals surface area contributed by atoms with Crippen molar-refractivity contribution in [3.05, 3.63) is 30.1 Å². The first-order valence-corrected chi connectivity index (χ1v) is 6.43. The van der Waals surface area contributed by atoms with Gasteiger partial charge in [0.15, 0.2) is 0 Å². The first kappa shape index (κ1) is 15.4. The minimum atomic E-state index is -0.325. The van der Waals surface area contributed by atoms with E-state index in [9.17, 15) is 9.18 Å². The number of carbonyl (C=O) groups excluding carboxylic acids is 1. The molecule has 0 fully saturated rings. The lowest BCUT2D eigenvalue weighted by Gasteiger charge is -2.24. The van der Waals surface area contributed by atoms with Crippen LogP contribution in [0.3, 0.4) is 0 Å². The van der Waals surface area contributed by atoms with Gasteiger partial charge in [0.2, 0.25) is 0 Å². The Balaban J connectivity index is 2.37. The van der Waals surface area contributed by atoms with Gasteiger partial charge in [-0.25, -0.2) is 9.18 Å². The Morgan fingerprint density at radius 2 is 1.95 bits per heavy atom. The van der Waals surface area contributed by atoms with Crippen molar-refractivity contribution in [3.63, 3.8) is 0 Å². The fraction of sp³-hybridized carbons (Fsp3) is 0.500. The zero-order valence-electron chi connectivity index (χ0n) is 11.5. The third-order valence-corrected chi connectivity index (χ3v) is 2.89. The largest absolute Gasteiger partial charge is 0.337 e. The number of hydrogen-bond donors (Lipinski definition) is 3. The van der Waals surface area contributed by atoms with Crippen LogP contribution in [0.25, 0.3) is 0 Å². The molecule has 0 saturated carbocycles. The fourth-order valence-electron chi connectivity index (χ4n) is 1.70. The minimum Gasteiger partial charge on any atom is -0.337 e. The molecule has 19 heavy (non-hydrogen) atoms. The van der Waals surface area contributed by atoms with E-state index in [0.29, 0.717) is 18.8 Å². The Morgan fingerprint density at radius 3 is 2.53 bits per heavy atom. The van der Waals surface area contributed by atoms with Crippen molar-refractivity contribution in [3.8, 4) is 0 Å². The highest BCUT2D eigenvalue weighted by Crippen LogP contribution is 2.20. The van der Waals surface area contributed by atoms with E-state index < -0.39 is 0 Å². The van der Waals surface area contributed by atoms with Gasteiger partial charge in [-0.1, -0.05) is 13.8 Å². The second-order valence-electron chi connectivity index (χ2n) is 5.37. The molecule has 0 spiro atoms. The molecule has 1 rings (SSSR count). The quantitative estimate of drug-likeness (QED) is 0.742. The van der Waals surface area contributed by atoms with E-state index in [1.807, 2.05) is 0 Å². The first-order chi connectivity index (χ1) is 8.93. The third kappa shape index (κ3) is 6.20. The smallest absolute Gasteiger partial charge is 0.319 e. The molecule has 0 aliphatic rings. The molecular formula is C14H22FN3O. The van der Waals surface area contributed by atoms with Crippen molar-refractivity contribution in [2.45, 2.75) is 26.7 Å². The zero-order valence-corrected chi connectivity index (χ0v) is 11.5. The second kappa shape index (κ2) is 7.09. The van der Waals surface area contributed by atoms with Gasteiger partial charge >= 0.3 is 6.03 Å². The Kier molecular flexibility index (Phi) is 5.76. The summed E-state index contributed by atoms with van der Waals surface area (Å²) in [6.07, 6.45) is 1.90. The highest BCUT2D eigenvalue weighted by Gasteiger charge is 2.18. The molecule has 0 aliphatic carbocycles. The molecule has 0 atom stereocenters. The number of hydrogen-bond acceptors (Lipinski definition) is 2. The van der Waals surface area contributed by atoms with Crippen molar-refractivity contribution >= 4 is 11.7 Å². The Labute approximate surface area is 113 Å². The van der Waals surface area contributed by atoms with Crippen LogP contribution in [0.1, 0.15) is 26.7 Å². The highest BCUT2D eigenvalue weighted by molar-refractivity contribution is 5.89. The number of anilines is 1. The number of rotatable bonds is 6. The van der Waals surface area contributed by atoms with Crippen LogP contribution in [0.2, 0.25) is 0 Å². The molecule has 4 N–H and O–H groups in total. The second-order valence-corrected chi connectivity index (χ2v) is 5.37. The van der Waals surface area contributed by atoms with Crippen molar-refractivity contribution in [2.24, 2.45) is 11.1 Å². The van der Waals surface area contributed by atoms with Gasteiger partial charge in [0.05, 0.1) is 0 Å². The van der Waals surface area contributed by atoms with Gasteiger partial charge in [-0.2, -0.15) is 0 Å². The van der Waals surface area contributed by atoms with Crippen LogP contribution in [0.5, 0.6) is 0 Å². The molecule has 106 valence electrons. The molecule has 0 radical (unpaired) electrons. The zero-order chi connectivity index (χ0) is 14.3. The molecule has 0 aliphatic heterocycles. The van der Waals surface area contributed by atoms with E-state index in [-0.39, 0.29) is 17.3 Å². The van der Waals surface area contributed by atoms with E-state index in [1.54, 1.807) is 0 Å². The Hall–Kier alpha value is -1.62. The van der Waals surface area contributed by atoms with Crippen molar-refractivity contribution in [1.29, 1.82) is 0 Å². The van der Waals surface area contributed by atoms with Crippen LogP contribution >= 0.6 is 0 Å². The third-order valence-electron chi connectivity index (χ3n) is 2.89. The Morgan fingerprint density at radius 1 is 1.32 bits per heavy atom. The van der Waals surface area contributed by atoms with Gasteiger partial charge < -0.3 is 16.4 Å². The van der Waals surface area contributed by atoms with E-state index in [0.717, 1.165) is 12.8 Å². The van der Waals surface area contributed by atoms with Crippen LogP contribution < -0.4 is 16.4 Å². The first-order valence-electron chi connectivity index (χ1n) is 6.43. The molecule has 1 aromatic rings. The summed E-state index contributed by atoms with van der Waals surface area (Å²) in [5, 5.41) is 5.47. The highest BCUT2D eigenvalue weighted by atomic mass is 19.1. The summed E-state index contributed by atoms with van der Waals surface area (Å²) in [4.78, 5) is 11.7. The van der Waals surface area contributed by atoms with Gasteiger partial charge in [-0.05, 0) is 49.1 Å². The summed E-state index contributed by atoms with van der Waals surface area (Å²) in [5.74, 6) is -0.325. The van der Waals surface area contributed by atoms with Gasteiger partial charge in [-0.15, -0.1) is 0 Å². The van der Waals surface area contributed by atoms with Crippen LogP contribution in [0, 0.1) is 11.2 Å². The van der Waals surface area contributed by atoms with Crippen LogP contribution in [0.15, 0.2) is 24.3 Å². The maximum Gasteiger partial charge on any atom is 0.319 e. The van der Waals surface area contributed by atoms with Crippen LogP contribution in [-0.4, -0.2) is 19.1 Å². The summed E-state index contributed by atoms with van der Waals surface area (Å²) >= 11 is 0. The average Bonchev–Trinajstić information content (AvgIpc) is 2.37. The van der Waals surface area contributed by atoms with E-state index in [2.05, 4.69) is 24.5 Å². The minimum absolute atomic E-state index is 0.0134. The van der Waals surface area contributed by atoms with Gasteiger partial charge in [-0.3, -0.25) is 0 Å². The van der Waals surface area contributed by atoms with E-state index >= 15 is 0 Å². The topological polar surface area (TPSA) is 67.1 Å². The van der Waals surface area contributed by atoms with E-state index in [1.165, 1.54) is 24.3 Å². The summed E-state index contributed by atoms with van der Waals surface area (Å²) in [6, 6.07) is 5.37. The number of halogens is 1. The number of nitrogens with two attached hydrogens (primary N) is 1. The fourth-order valence-corrected chi connectivity index (χ4v) is 1.70. The summed E-state index contributed by atoms with van der Waals surface area (Å²) in [7, 11) is 0. The molecule has 0 bridgehead atoms. The molecule has 1 aromatic carbocycles. The van der Waals surface area contributed by atoms with Gasteiger partial charge in [0, 0.05) is 12.2 Å². The SMILES string of the molecule is CC(C)(CCCN)CNC(=O)Nc1ccc(F)cc1. The van der Waals surface area contributed by atoms with Gasteiger partial charge in [0.1, 0.15) is 5.82 Å². The number of benzene rings is 1. The molecule has 0 unspecified atom stereocenters. The van der Waals surface area contributed by atoms with Crippen molar-refractivity contribution in [2.75, 3.05) is 18.4 Å². The Bertz CT molecular complexity index is 404. The molecule has 5 heteroatoms. The summed E-state index contributed by atoms with van der Waals surface area (Å²) in [6.45, 7) is 5.40. The van der Waals surface area contributed by atoms with Crippen LogP contribution in [-0.2, 0) is 0 Å². The predicted octanol–water partition coefficient (Wildman–Crippen LogP) is 2.71. The molecule has 0 aromatic heterocycles. The maximum atomic E-state index is 12.7. The standard InChI is InChI=1S/C14H22FN3O/c1-14(2,8-3-9-16)10-17-13(19)18-12-6-4-11(15)5-7-12/h4-7H,3,8-10,16H2,1-2H3,(H2,17,18,19). The van der Waals surface area contributed by atoms with Crippen molar-refractivity contribution in [1.82, 2.24) is 5.32 Å². The van der Waals surface area contributed by atoms with Crippen molar-refractivity contribution < 1.29 is 9.18 Å². The monoisotopic (exact) mass is 267 g/mol. The molecule has 2 amide bonds. The van der Waals surface area contributed by atoms with E-state index in [4.69, 9.17) is 5.73 Å².